The van der Waals surface area contributed by atoms with Gasteiger partial charge in [-0.3, -0.25) is 9.36 Å². The van der Waals surface area contributed by atoms with Crippen LogP contribution in [0.2, 0.25) is 0 Å². The summed E-state index contributed by atoms with van der Waals surface area (Å²) in [5, 5.41) is 0. The van der Waals surface area contributed by atoms with Crippen molar-refractivity contribution in [3.63, 3.8) is 0 Å². The van der Waals surface area contributed by atoms with Crippen LogP contribution in [0.15, 0.2) is 94.8 Å². The van der Waals surface area contributed by atoms with Gasteiger partial charge in [0, 0.05) is 13.1 Å². The van der Waals surface area contributed by atoms with Gasteiger partial charge in [-0.25, -0.2) is 18.7 Å². The highest BCUT2D eigenvalue weighted by molar-refractivity contribution is 5.72. The summed E-state index contributed by atoms with van der Waals surface area (Å²) in [6.45, 7) is 2.67. The van der Waals surface area contributed by atoms with Crippen molar-refractivity contribution in [3.05, 3.63) is 129 Å². The highest BCUT2D eigenvalue weighted by Gasteiger charge is 2.19. The van der Waals surface area contributed by atoms with Gasteiger partial charge in [-0.1, -0.05) is 54.6 Å². The third-order valence-corrected chi connectivity index (χ3v) is 6.05. The molecular weight excluding hydrogens is 431 g/mol. The van der Waals surface area contributed by atoms with Gasteiger partial charge in [-0.05, 0) is 54.3 Å². The molecule has 0 atom stereocenters. The van der Waals surface area contributed by atoms with E-state index in [0.717, 1.165) is 16.7 Å². The minimum atomic E-state index is -0.499. The van der Waals surface area contributed by atoms with Gasteiger partial charge in [0.25, 0.3) is 5.56 Å². The molecule has 0 aliphatic carbocycles. The fourth-order valence-corrected chi connectivity index (χ4v) is 4.18. The summed E-state index contributed by atoms with van der Waals surface area (Å²) >= 11 is 0. The molecule has 0 saturated carbocycles. The Morgan fingerprint density at radius 2 is 1.59 bits per heavy atom. The average molecular weight is 455 g/mol. The molecule has 5 aromatic rings. The molecule has 0 N–H and O–H groups in total. The molecule has 0 spiro atoms. The van der Waals surface area contributed by atoms with E-state index in [2.05, 4.69) is 4.98 Å². The van der Waals surface area contributed by atoms with Crippen LogP contribution in [0.25, 0.3) is 16.9 Å². The summed E-state index contributed by atoms with van der Waals surface area (Å²) in [4.78, 5) is 31.6. The maximum atomic E-state index is 13.6. The lowest BCUT2D eigenvalue weighted by molar-refractivity contribution is 0.613. The number of benzene rings is 3. The molecule has 7 heteroatoms. The van der Waals surface area contributed by atoms with Gasteiger partial charge < -0.3 is 4.57 Å². The number of halogens is 1. The maximum Gasteiger partial charge on any atom is 0.337 e. The number of aromatic nitrogens is 4. The van der Waals surface area contributed by atoms with Crippen molar-refractivity contribution >= 4 is 11.2 Å². The van der Waals surface area contributed by atoms with Crippen molar-refractivity contribution < 1.29 is 4.39 Å². The van der Waals surface area contributed by atoms with Crippen LogP contribution in [0.4, 0.5) is 4.39 Å². The first-order valence-electron chi connectivity index (χ1n) is 11.1. The van der Waals surface area contributed by atoms with E-state index in [1.54, 1.807) is 10.9 Å². The molecule has 0 radical (unpaired) electrons. The molecule has 0 aliphatic rings. The second-order valence-electron chi connectivity index (χ2n) is 8.26. The van der Waals surface area contributed by atoms with Gasteiger partial charge in [-0.15, -0.1) is 0 Å². The molecule has 6 nitrogen and oxygen atoms in total. The second-order valence-corrected chi connectivity index (χ2v) is 8.26. The Balaban J connectivity index is 1.70. The van der Waals surface area contributed by atoms with Gasteiger partial charge in [0.15, 0.2) is 11.2 Å². The van der Waals surface area contributed by atoms with Crippen molar-refractivity contribution in [1.29, 1.82) is 0 Å². The number of rotatable bonds is 6. The fraction of sp³-hybridized carbons (Fsp3) is 0.148. The smallest absolute Gasteiger partial charge is 0.320 e. The molecule has 0 amide bonds. The highest BCUT2D eigenvalue weighted by Crippen LogP contribution is 2.17. The zero-order valence-electron chi connectivity index (χ0n) is 18.7. The van der Waals surface area contributed by atoms with Gasteiger partial charge in [0.1, 0.15) is 5.82 Å². The number of hydrogen-bond donors (Lipinski definition) is 0. The van der Waals surface area contributed by atoms with Crippen LogP contribution >= 0.6 is 0 Å². The Bertz CT molecular complexity index is 1580. The van der Waals surface area contributed by atoms with Crippen LogP contribution in [0.5, 0.6) is 0 Å². The molecule has 34 heavy (non-hydrogen) atoms. The van der Waals surface area contributed by atoms with E-state index >= 15 is 0 Å². The predicted molar refractivity (Wildman–Crippen MR) is 130 cm³/mol. The van der Waals surface area contributed by atoms with Crippen LogP contribution in [-0.4, -0.2) is 18.7 Å². The summed E-state index contributed by atoms with van der Waals surface area (Å²) in [6, 6.07) is 23.3. The lowest BCUT2D eigenvalue weighted by Gasteiger charge is -2.13. The zero-order valence-corrected chi connectivity index (χ0v) is 18.7. The quantitative estimate of drug-likeness (QED) is 0.388. The van der Waals surface area contributed by atoms with Crippen molar-refractivity contribution in [3.8, 4) is 5.69 Å². The highest BCUT2D eigenvalue weighted by atomic mass is 19.1. The Morgan fingerprint density at radius 1 is 0.882 bits per heavy atom. The predicted octanol–water partition coefficient (Wildman–Crippen LogP) is 4.09. The van der Waals surface area contributed by atoms with E-state index in [1.807, 2.05) is 61.5 Å². The Morgan fingerprint density at radius 3 is 2.32 bits per heavy atom. The molecular formula is C27H23FN4O2. The fourth-order valence-electron chi connectivity index (χ4n) is 4.18. The topological polar surface area (TPSA) is 61.8 Å². The summed E-state index contributed by atoms with van der Waals surface area (Å²) in [7, 11) is 0. The SMILES string of the molecule is Cc1ccccc1Cn1cnc2c1c(=O)n(CCc1ccccc1)c(=O)n2-c1ccc(F)cc1. The van der Waals surface area contributed by atoms with Crippen molar-refractivity contribution in [2.75, 3.05) is 0 Å². The molecule has 0 unspecified atom stereocenters. The summed E-state index contributed by atoms with van der Waals surface area (Å²) in [5.41, 5.74) is 3.33. The second kappa shape index (κ2) is 8.94. The average Bonchev–Trinajstić information content (AvgIpc) is 3.26. The van der Waals surface area contributed by atoms with Gasteiger partial charge in [0.2, 0.25) is 0 Å². The first-order valence-corrected chi connectivity index (χ1v) is 11.1. The van der Waals surface area contributed by atoms with E-state index in [4.69, 9.17) is 0 Å². The monoisotopic (exact) mass is 454 g/mol. The summed E-state index contributed by atoms with van der Waals surface area (Å²) in [5.74, 6) is -0.407. The first kappa shape index (κ1) is 21.6. The summed E-state index contributed by atoms with van der Waals surface area (Å²) in [6.07, 6.45) is 2.11. The van der Waals surface area contributed by atoms with Gasteiger partial charge >= 0.3 is 5.69 Å². The lowest BCUT2D eigenvalue weighted by atomic mass is 10.1. The molecule has 3 aromatic carbocycles. The maximum absolute atomic E-state index is 13.6. The van der Waals surface area contributed by atoms with E-state index < -0.39 is 11.5 Å². The number of fused-ring (bicyclic) bond motifs is 1. The van der Waals surface area contributed by atoms with Crippen LogP contribution in [0, 0.1) is 12.7 Å². The van der Waals surface area contributed by atoms with Crippen LogP contribution < -0.4 is 11.2 Å². The van der Waals surface area contributed by atoms with Gasteiger partial charge in [-0.2, -0.15) is 0 Å². The van der Waals surface area contributed by atoms with Crippen LogP contribution in [0.1, 0.15) is 16.7 Å². The number of nitrogens with zero attached hydrogens (tertiary/aromatic N) is 4. The summed E-state index contributed by atoms with van der Waals surface area (Å²) < 4.78 is 18.0. The number of imidazole rings is 1. The van der Waals surface area contributed by atoms with Crippen LogP contribution in [-0.2, 0) is 19.5 Å². The van der Waals surface area contributed by atoms with E-state index in [0.29, 0.717) is 24.2 Å². The number of hydrogen-bond acceptors (Lipinski definition) is 3. The van der Waals surface area contributed by atoms with Gasteiger partial charge in [0.05, 0.1) is 12.0 Å². The van der Waals surface area contributed by atoms with Crippen molar-refractivity contribution in [2.24, 2.45) is 0 Å². The lowest BCUT2D eigenvalue weighted by Crippen LogP contribution is -2.40. The Labute approximate surface area is 195 Å². The molecule has 0 fully saturated rings. The Hall–Kier alpha value is -4.26. The molecule has 170 valence electrons. The normalized spacial score (nSPS) is 11.2. The minimum absolute atomic E-state index is 0.217. The molecule has 2 aromatic heterocycles. The third kappa shape index (κ3) is 3.96. The molecule has 0 saturated heterocycles. The van der Waals surface area contributed by atoms with E-state index in [1.165, 1.54) is 33.4 Å². The Kier molecular flexibility index (Phi) is 5.67. The third-order valence-electron chi connectivity index (χ3n) is 6.05. The molecule has 0 aliphatic heterocycles. The van der Waals surface area contributed by atoms with E-state index in [9.17, 15) is 14.0 Å². The van der Waals surface area contributed by atoms with E-state index in [-0.39, 0.29) is 17.8 Å². The molecule has 5 rings (SSSR count). The number of aryl methyl sites for hydroxylation is 2. The zero-order chi connectivity index (χ0) is 23.7. The first-order chi connectivity index (χ1) is 16.5. The van der Waals surface area contributed by atoms with Crippen LogP contribution in [0.3, 0.4) is 0 Å². The van der Waals surface area contributed by atoms with Crippen molar-refractivity contribution in [2.45, 2.75) is 26.4 Å². The minimum Gasteiger partial charge on any atom is -0.320 e. The molecule has 2 heterocycles. The largest absolute Gasteiger partial charge is 0.337 e. The van der Waals surface area contributed by atoms with Crippen molar-refractivity contribution in [1.82, 2.24) is 18.7 Å². The molecule has 0 bridgehead atoms. The standard InChI is InChI=1S/C27H23FN4O2/c1-19-7-5-6-10-21(19)17-30-18-29-25-24(30)26(33)31(16-15-20-8-3-2-4-9-20)27(34)32(25)23-13-11-22(28)12-14-23/h2-14,18H,15-17H2,1H3.